The fourth-order valence-electron chi connectivity index (χ4n) is 3.49. The van der Waals surface area contributed by atoms with Crippen LogP contribution in [0.15, 0.2) is 54.6 Å². The Morgan fingerprint density at radius 1 is 1.00 bits per heavy atom. The van der Waals surface area contributed by atoms with Gasteiger partial charge in [0, 0.05) is 0 Å². The van der Waals surface area contributed by atoms with E-state index >= 15 is 0 Å². The molecule has 23 heavy (non-hydrogen) atoms. The Balaban J connectivity index is 1.69. The highest BCUT2D eigenvalue weighted by Gasteiger charge is 2.37. The minimum atomic E-state index is -0.743. The predicted octanol–water partition coefficient (Wildman–Crippen LogP) is 3.53. The quantitative estimate of drug-likeness (QED) is 0.858. The van der Waals surface area contributed by atoms with Crippen LogP contribution in [-0.4, -0.2) is 17.6 Å². The summed E-state index contributed by atoms with van der Waals surface area (Å²) in [5.41, 5.74) is 3.35. The van der Waals surface area contributed by atoms with Gasteiger partial charge in [-0.25, -0.2) is 0 Å². The number of aryl methyl sites for hydroxylation is 2. The highest BCUT2D eigenvalue weighted by atomic mass is 16.4. The molecule has 1 saturated heterocycles. The van der Waals surface area contributed by atoms with Gasteiger partial charge < -0.3 is 10.4 Å². The Hall–Kier alpha value is -2.13. The molecule has 0 unspecified atom stereocenters. The van der Waals surface area contributed by atoms with Crippen molar-refractivity contribution >= 4 is 5.97 Å². The number of aliphatic carboxylic acids is 1. The van der Waals surface area contributed by atoms with Crippen molar-refractivity contribution in [2.24, 2.45) is 0 Å². The number of benzene rings is 2. The first-order chi connectivity index (χ1) is 11.2. The topological polar surface area (TPSA) is 49.3 Å². The Bertz CT molecular complexity index is 643. The van der Waals surface area contributed by atoms with Gasteiger partial charge in [0.05, 0.1) is 12.0 Å². The summed E-state index contributed by atoms with van der Waals surface area (Å²) in [4.78, 5) is 11.2. The second kappa shape index (κ2) is 6.97. The van der Waals surface area contributed by atoms with Crippen LogP contribution >= 0.6 is 0 Å². The summed E-state index contributed by atoms with van der Waals surface area (Å²) >= 11 is 0. The largest absolute Gasteiger partial charge is 0.481 e. The smallest absolute Gasteiger partial charge is 0.305 e. The lowest BCUT2D eigenvalue weighted by molar-refractivity contribution is -0.138. The van der Waals surface area contributed by atoms with Crippen molar-refractivity contribution in [3.8, 4) is 0 Å². The Labute approximate surface area is 137 Å². The molecule has 1 fully saturated rings. The Morgan fingerprint density at radius 3 is 2.22 bits per heavy atom. The molecule has 3 rings (SSSR count). The monoisotopic (exact) mass is 309 g/mol. The van der Waals surface area contributed by atoms with E-state index in [4.69, 9.17) is 0 Å². The number of carboxylic acids is 1. The zero-order valence-electron chi connectivity index (χ0n) is 13.3. The van der Waals surface area contributed by atoms with Crippen molar-refractivity contribution in [2.75, 3.05) is 6.54 Å². The molecule has 1 atom stereocenters. The molecule has 1 aliphatic heterocycles. The summed E-state index contributed by atoms with van der Waals surface area (Å²) in [6, 6.07) is 19.0. The predicted molar refractivity (Wildman–Crippen MR) is 91.5 cm³/mol. The highest BCUT2D eigenvalue weighted by molar-refractivity contribution is 5.69. The standard InChI is InChI=1S/C20H23NO2/c22-19(23)15-20(13-4-14-21-20)18-11-9-17(10-12-18)8-7-16-5-2-1-3-6-16/h1-3,5-6,9-12,21H,4,7-8,13-15H2,(H,22,23)/t20-/m0/s1. The number of carboxylic acid groups (broad SMARTS) is 1. The molecule has 0 aromatic heterocycles. The first kappa shape index (κ1) is 15.8. The Kier molecular flexibility index (Phi) is 4.77. The van der Waals surface area contributed by atoms with Gasteiger partial charge in [-0.05, 0) is 48.9 Å². The lowest BCUT2D eigenvalue weighted by atomic mass is 9.84. The van der Waals surface area contributed by atoms with E-state index in [1.807, 2.05) is 6.07 Å². The molecule has 2 aromatic rings. The first-order valence-corrected chi connectivity index (χ1v) is 8.28. The molecular weight excluding hydrogens is 286 g/mol. The van der Waals surface area contributed by atoms with E-state index in [1.165, 1.54) is 11.1 Å². The molecular formula is C20H23NO2. The SMILES string of the molecule is O=C(O)C[C@]1(c2ccc(CCc3ccccc3)cc2)CCCN1. The number of hydrogen-bond acceptors (Lipinski definition) is 2. The van der Waals surface area contributed by atoms with E-state index in [0.717, 1.165) is 37.8 Å². The third-order valence-electron chi connectivity index (χ3n) is 4.75. The normalized spacial score (nSPS) is 20.5. The summed E-state index contributed by atoms with van der Waals surface area (Å²) in [5, 5.41) is 12.6. The van der Waals surface area contributed by atoms with Gasteiger partial charge in [-0.1, -0.05) is 54.6 Å². The maximum Gasteiger partial charge on any atom is 0.305 e. The van der Waals surface area contributed by atoms with Crippen LogP contribution in [0.2, 0.25) is 0 Å². The minimum Gasteiger partial charge on any atom is -0.481 e. The average molecular weight is 309 g/mol. The minimum absolute atomic E-state index is 0.149. The second-order valence-corrected chi connectivity index (χ2v) is 6.37. The fraction of sp³-hybridized carbons (Fsp3) is 0.350. The van der Waals surface area contributed by atoms with Crippen LogP contribution < -0.4 is 5.32 Å². The molecule has 3 heteroatoms. The van der Waals surface area contributed by atoms with E-state index in [1.54, 1.807) is 0 Å². The van der Waals surface area contributed by atoms with Gasteiger partial charge in [-0.3, -0.25) is 4.79 Å². The number of hydrogen-bond donors (Lipinski definition) is 2. The van der Waals surface area contributed by atoms with Crippen LogP contribution in [0.3, 0.4) is 0 Å². The van der Waals surface area contributed by atoms with Gasteiger partial charge in [-0.2, -0.15) is 0 Å². The molecule has 2 N–H and O–H groups in total. The molecule has 3 nitrogen and oxygen atoms in total. The van der Waals surface area contributed by atoms with Gasteiger partial charge in [0.2, 0.25) is 0 Å². The summed E-state index contributed by atoms with van der Waals surface area (Å²) in [6.07, 6.45) is 4.10. The maximum absolute atomic E-state index is 11.2. The summed E-state index contributed by atoms with van der Waals surface area (Å²) in [6.45, 7) is 0.892. The van der Waals surface area contributed by atoms with Crippen LogP contribution in [0.1, 0.15) is 36.0 Å². The molecule has 0 amide bonds. The average Bonchev–Trinajstić information content (AvgIpc) is 3.03. The number of rotatable bonds is 6. The molecule has 0 aliphatic carbocycles. The van der Waals surface area contributed by atoms with Crippen LogP contribution in [0.5, 0.6) is 0 Å². The van der Waals surface area contributed by atoms with Crippen LogP contribution in [-0.2, 0) is 23.2 Å². The van der Waals surface area contributed by atoms with Crippen molar-refractivity contribution in [2.45, 2.75) is 37.6 Å². The lowest BCUT2D eigenvalue weighted by Gasteiger charge is -2.28. The van der Waals surface area contributed by atoms with Crippen molar-refractivity contribution in [3.05, 3.63) is 71.3 Å². The van der Waals surface area contributed by atoms with Gasteiger partial charge >= 0.3 is 5.97 Å². The number of nitrogens with one attached hydrogen (secondary N) is 1. The molecule has 0 bridgehead atoms. The zero-order valence-corrected chi connectivity index (χ0v) is 13.3. The molecule has 1 aliphatic rings. The fourth-order valence-corrected chi connectivity index (χ4v) is 3.49. The van der Waals surface area contributed by atoms with E-state index in [0.29, 0.717) is 0 Å². The van der Waals surface area contributed by atoms with Crippen molar-refractivity contribution < 1.29 is 9.90 Å². The van der Waals surface area contributed by atoms with Crippen LogP contribution in [0, 0.1) is 0 Å². The first-order valence-electron chi connectivity index (χ1n) is 8.28. The third kappa shape index (κ3) is 3.80. The van der Waals surface area contributed by atoms with Crippen LogP contribution in [0.25, 0.3) is 0 Å². The van der Waals surface area contributed by atoms with Crippen molar-refractivity contribution in [1.82, 2.24) is 5.32 Å². The zero-order chi connectivity index (χ0) is 16.1. The second-order valence-electron chi connectivity index (χ2n) is 6.37. The van der Waals surface area contributed by atoms with E-state index in [-0.39, 0.29) is 12.0 Å². The summed E-state index contributed by atoms with van der Waals surface area (Å²) in [5.74, 6) is -0.743. The van der Waals surface area contributed by atoms with Gasteiger partial charge in [0.1, 0.15) is 0 Å². The maximum atomic E-state index is 11.2. The molecule has 0 radical (unpaired) electrons. The summed E-state index contributed by atoms with van der Waals surface area (Å²) in [7, 11) is 0. The van der Waals surface area contributed by atoms with Crippen molar-refractivity contribution in [1.29, 1.82) is 0 Å². The molecule has 2 aromatic carbocycles. The van der Waals surface area contributed by atoms with E-state index in [9.17, 15) is 9.90 Å². The molecule has 120 valence electrons. The van der Waals surface area contributed by atoms with E-state index < -0.39 is 5.97 Å². The lowest BCUT2D eigenvalue weighted by Crippen LogP contribution is -2.38. The highest BCUT2D eigenvalue weighted by Crippen LogP contribution is 2.34. The molecule has 0 spiro atoms. The van der Waals surface area contributed by atoms with Gasteiger partial charge in [-0.15, -0.1) is 0 Å². The van der Waals surface area contributed by atoms with Crippen molar-refractivity contribution in [3.63, 3.8) is 0 Å². The third-order valence-corrected chi connectivity index (χ3v) is 4.75. The Morgan fingerprint density at radius 2 is 1.65 bits per heavy atom. The van der Waals surface area contributed by atoms with E-state index in [2.05, 4.69) is 53.8 Å². The summed E-state index contributed by atoms with van der Waals surface area (Å²) < 4.78 is 0. The molecule has 1 heterocycles. The van der Waals surface area contributed by atoms with Gasteiger partial charge in [0.15, 0.2) is 0 Å². The molecule has 0 saturated carbocycles. The van der Waals surface area contributed by atoms with Crippen LogP contribution in [0.4, 0.5) is 0 Å². The number of carbonyl (C=O) groups is 1. The van der Waals surface area contributed by atoms with Gasteiger partial charge in [0.25, 0.3) is 0 Å².